The predicted octanol–water partition coefficient (Wildman–Crippen LogP) is 17.2. The standard InChI is InChI=1S/C19H15.6C6HF5O.Ta/c1-4-10-16(11-5-1)19(17-12-6-2-7-13-17)18-14-8-3-9-15-18;6*7-1-2(8)4(10)6(12)5(11)3(1)9;/h1-15H;6*12H;/q+1;;;;;;;. The molecule has 0 heterocycles. The number of phenols is 6. The van der Waals surface area contributed by atoms with Crippen molar-refractivity contribution in [3.63, 3.8) is 0 Å². The third-order valence-electron chi connectivity index (χ3n) is 10.3. The van der Waals surface area contributed by atoms with E-state index in [9.17, 15) is 132 Å². The molecule has 0 bridgehead atoms. The minimum absolute atomic E-state index is 0. The number of aromatic hydroxyl groups is 6. The van der Waals surface area contributed by atoms with Gasteiger partial charge < -0.3 is 30.6 Å². The van der Waals surface area contributed by atoms with E-state index in [1.165, 1.54) is 22.6 Å². The van der Waals surface area contributed by atoms with Gasteiger partial charge in [-0.15, -0.1) is 0 Å². The average Bonchev–Trinajstić information content (AvgIpc) is 0.982. The summed E-state index contributed by atoms with van der Waals surface area (Å²) in [4.78, 5) is 0. The van der Waals surface area contributed by atoms with Crippen molar-refractivity contribution in [2.75, 3.05) is 0 Å². The number of hydrogen-bond donors (Lipinski definition) is 6. The third kappa shape index (κ3) is 17.4. The number of phenolic OH excluding ortho intramolecular Hbond substituents is 6. The SMILES string of the molecule is Oc1c(F)c(F)c(F)c(F)c1F.Oc1c(F)c(F)c(F)c(F)c1F.Oc1c(F)c(F)c(F)c(F)c1F.Oc1c(F)c(F)c(F)c(F)c1F.Oc1c(F)c(F)c(F)c(F)c1F.Oc1c(F)c(F)c(F)c(F)c1F.[Ta].c1ccc([C+](c2ccccc2)c2ccccc2)cc1. The van der Waals surface area contributed by atoms with Crippen molar-refractivity contribution in [2.45, 2.75) is 0 Å². The van der Waals surface area contributed by atoms with Crippen LogP contribution in [0.5, 0.6) is 34.5 Å². The van der Waals surface area contributed by atoms with E-state index in [-0.39, 0.29) is 22.4 Å². The van der Waals surface area contributed by atoms with E-state index in [4.69, 9.17) is 30.6 Å². The van der Waals surface area contributed by atoms with Crippen LogP contribution in [0.3, 0.4) is 0 Å². The zero-order valence-electron chi connectivity index (χ0n) is 43.1. The van der Waals surface area contributed by atoms with Gasteiger partial charge in [-0.2, -0.15) is 52.7 Å². The van der Waals surface area contributed by atoms with Gasteiger partial charge in [0.2, 0.25) is 175 Å². The smallest absolute Gasteiger partial charge is 0.206 e. The molecule has 1 radical (unpaired) electrons. The number of rotatable bonds is 3. The minimum Gasteiger partial charge on any atom is -0.503 e. The fourth-order valence-electron chi connectivity index (χ4n) is 5.87. The van der Waals surface area contributed by atoms with Crippen LogP contribution in [0.25, 0.3) is 0 Å². The van der Waals surface area contributed by atoms with Gasteiger partial charge in [-0.05, 0) is 72.8 Å². The van der Waals surface area contributed by atoms with Gasteiger partial charge in [0, 0.05) is 22.4 Å². The molecule has 491 valence electrons. The van der Waals surface area contributed by atoms with Crippen LogP contribution in [0.2, 0.25) is 0 Å². The molecule has 0 aromatic heterocycles. The fourth-order valence-corrected chi connectivity index (χ4v) is 5.87. The first-order chi connectivity index (χ1) is 42.2. The van der Waals surface area contributed by atoms with Gasteiger partial charge in [0.05, 0.1) is 22.6 Å². The van der Waals surface area contributed by atoms with Crippen LogP contribution >= 0.6 is 0 Å². The zero-order chi connectivity index (χ0) is 69.7. The summed E-state index contributed by atoms with van der Waals surface area (Å²) in [7, 11) is 0. The Hall–Kier alpha value is -9.71. The molecule has 0 amide bonds. The van der Waals surface area contributed by atoms with Crippen molar-refractivity contribution >= 4 is 0 Å². The molecule has 0 aliphatic heterocycles. The van der Waals surface area contributed by atoms with E-state index in [1.807, 2.05) is 0 Å². The number of hydrogen-bond acceptors (Lipinski definition) is 6. The molecule has 0 atom stereocenters. The summed E-state index contributed by atoms with van der Waals surface area (Å²) in [5.41, 5.74) is 3.75. The molecule has 9 aromatic carbocycles. The summed E-state index contributed by atoms with van der Waals surface area (Å²) in [6.07, 6.45) is 0. The molecular formula is C55H21F30O6Ta+. The van der Waals surface area contributed by atoms with Crippen LogP contribution in [0.1, 0.15) is 16.7 Å². The van der Waals surface area contributed by atoms with Crippen LogP contribution in [0.15, 0.2) is 91.0 Å². The van der Waals surface area contributed by atoms with Crippen molar-refractivity contribution in [1.29, 1.82) is 0 Å². The van der Waals surface area contributed by atoms with E-state index in [0.717, 1.165) is 0 Å². The molecule has 6 N–H and O–H groups in total. The largest absolute Gasteiger partial charge is 0.503 e. The first kappa shape index (κ1) is 78.4. The maximum atomic E-state index is 12.2. The molecule has 0 unspecified atom stereocenters. The summed E-state index contributed by atoms with van der Waals surface area (Å²) >= 11 is 0. The first-order valence-corrected chi connectivity index (χ1v) is 22.5. The number of benzene rings is 9. The summed E-state index contributed by atoms with van der Waals surface area (Å²) in [6.45, 7) is 0. The Morgan fingerprint density at radius 1 is 0.152 bits per heavy atom. The van der Waals surface area contributed by atoms with Crippen LogP contribution in [-0.2, 0) is 22.4 Å². The van der Waals surface area contributed by atoms with Crippen LogP contribution in [0.4, 0.5) is 132 Å². The summed E-state index contributed by atoms with van der Waals surface area (Å²) in [5.74, 6) is -76.4. The molecule has 0 fully saturated rings. The topological polar surface area (TPSA) is 121 Å². The first-order valence-electron chi connectivity index (χ1n) is 22.5. The Bertz CT molecular complexity index is 2850. The second-order valence-electron chi connectivity index (χ2n) is 16.0. The molecule has 0 aliphatic rings. The molecule has 0 spiro atoms. The summed E-state index contributed by atoms with van der Waals surface area (Å²) < 4.78 is 364. The molecule has 9 rings (SSSR count). The Balaban J connectivity index is 0.000000368. The van der Waals surface area contributed by atoms with Crippen LogP contribution in [-0.4, -0.2) is 30.6 Å². The van der Waals surface area contributed by atoms with Crippen LogP contribution < -0.4 is 0 Å². The molecular weight excluding hydrogens is 1510 g/mol. The van der Waals surface area contributed by atoms with Gasteiger partial charge in [-0.1, -0.05) is 18.2 Å². The second-order valence-corrected chi connectivity index (χ2v) is 16.0. The van der Waals surface area contributed by atoms with Crippen molar-refractivity contribution in [2.24, 2.45) is 0 Å². The van der Waals surface area contributed by atoms with Gasteiger partial charge in [-0.25, -0.2) is 79.0 Å². The zero-order valence-corrected chi connectivity index (χ0v) is 46.3. The van der Waals surface area contributed by atoms with E-state index < -0.39 is 209 Å². The molecule has 92 heavy (non-hydrogen) atoms. The Morgan fingerprint density at radius 3 is 0.337 bits per heavy atom. The molecule has 37 heteroatoms. The minimum atomic E-state index is -2.29. The van der Waals surface area contributed by atoms with Crippen molar-refractivity contribution in [3.05, 3.63) is 288 Å². The second kappa shape index (κ2) is 33.4. The van der Waals surface area contributed by atoms with Gasteiger partial charge in [-0.3, -0.25) is 0 Å². The average molecular weight is 1530 g/mol. The van der Waals surface area contributed by atoms with Crippen LogP contribution in [0, 0.1) is 180 Å². The third-order valence-corrected chi connectivity index (χ3v) is 10.3. The molecule has 0 aliphatic carbocycles. The van der Waals surface area contributed by atoms with E-state index >= 15 is 0 Å². The van der Waals surface area contributed by atoms with Gasteiger partial charge in [0.1, 0.15) is 0 Å². The molecule has 6 nitrogen and oxygen atoms in total. The maximum Gasteiger partial charge on any atom is 0.206 e. The van der Waals surface area contributed by atoms with Gasteiger partial charge in [0.15, 0.2) is 34.5 Å². The number of halogens is 30. The normalized spacial score (nSPS) is 10.2. The van der Waals surface area contributed by atoms with E-state index in [0.29, 0.717) is 0 Å². The summed E-state index contributed by atoms with van der Waals surface area (Å²) in [5, 5.41) is 49.8. The van der Waals surface area contributed by atoms with Crippen molar-refractivity contribution < 1.29 is 185 Å². The Kier molecular flexibility index (Phi) is 28.4. The Labute approximate surface area is 506 Å². The van der Waals surface area contributed by atoms with Crippen molar-refractivity contribution in [3.8, 4) is 34.5 Å². The Morgan fingerprint density at radius 2 is 0.239 bits per heavy atom. The molecule has 0 saturated carbocycles. The van der Waals surface area contributed by atoms with Gasteiger partial charge in [0.25, 0.3) is 0 Å². The predicted molar refractivity (Wildman–Crippen MR) is 247 cm³/mol. The van der Waals surface area contributed by atoms with E-state index in [2.05, 4.69) is 91.0 Å². The molecule has 0 saturated heterocycles. The van der Waals surface area contributed by atoms with Gasteiger partial charge >= 0.3 is 0 Å². The van der Waals surface area contributed by atoms with E-state index in [1.54, 1.807) is 0 Å². The quantitative estimate of drug-likeness (QED) is 0.0345. The van der Waals surface area contributed by atoms with Crippen molar-refractivity contribution in [1.82, 2.24) is 0 Å². The molecule has 9 aromatic rings. The monoisotopic (exact) mass is 1530 g/mol. The fraction of sp³-hybridized carbons (Fsp3) is 0. The summed E-state index contributed by atoms with van der Waals surface area (Å²) in [6, 6.07) is 31.6. The maximum absolute atomic E-state index is 12.2.